The second-order valence-electron chi connectivity index (χ2n) is 6.34. The van der Waals surface area contributed by atoms with E-state index in [0.29, 0.717) is 6.10 Å². The Morgan fingerprint density at radius 3 is 2.91 bits per heavy atom. The molecule has 0 aromatic heterocycles. The lowest BCUT2D eigenvalue weighted by atomic mass is 10.0. The van der Waals surface area contributed by atoms with Crippen molar-refractivity contribution >= 4 is 6.03 Å². The molecule has 1 fully saturated rings. The van der Waals surface area contributed by atoms with Gasteiger partial charge in [0.15, 0.2) is 0 Å². The van der Waals surface area contributed by atoms with E-state index in [1.54, 1.807) is 0 Å². The highest BCUT2D eigenvalue weighted by atomic mass is 16.5. The van der Waals surface area contributed by atoms with Crippen LogP contribution >= 0.6 is 0 Å². The monoisotopic (exact) mass is 320 g/mol. The van der Waals surface area contributed by atoms with Crippen molar-refractivity contribution in [1.82, 2.24) is 10.6 Å². The Balaban J connectivity index is 1.66. The minimum atomic E-state index is -0.691. The van der Waals surface area contributed by atoms with E-state index >= 15 is 0 Å². The zero-order valence-corrected chi connectivity index (χ0v) is 14.0. The van der Waals surface area contributed by atoms with Crippen LogP contribution in [0.25, 0.3) is 0 Å². The number of ether oxygens (including phenoxy) is 1. The number of benzene rings is 1. The van der Waals surface area contributed by atoms with Crippen LogP contribution in [0, 0.1) is 6.92 Å². The van der Waals surface area contributed by atoms with E-state index in [4.69, 9.17) is 4.74 Å². The number of carbonyl (C=O) groups excluding carboxylic acids is 1. The van der Waals surface area contributed by atoms with Gasteiger partial charge >= 0.3 is 6.03 Å². The van der Waals surface area contributed by atoms with Gasteiger partial charge in [0.2, 0.25) is 0 Å². The molecular weight excluding hydrogens is 292 g/mol. The van der Waals surface area contributed by atoms with Crippen LogP contribution in [0.1, 0.15) is 49.8 Å². The number of aliphatic hydroxyl groups is 1. The van der Waals surface area contributed by atoms with Crippen molar-refractivity contribution in [2.24, 2.45) is 0 Å². The third kappa shape index (κ3) is 5.84. The fourth-order valence-corrected chi connectivity index (χ4v) is 2.91. The van der Waals surface area contributed by atoms with Gasteiger partial charge in [0.25, 0.3) is 0 Å². The molecule has 1 aromatic carbocycles. The van der Waals surface area contributed by atoms with E-state index < -0.39 is 6.10 Å². The van der Waals surface area contributed by atoms with E-state index in [1.807, 2.05) is 38.1 Å². The Morgan fingerprint density at radius 2 is 2.22 bits per heavy atom. The fraction of sp³-hybridized carbons (Fsp3) is 0.611. The number of aliphatic hydroxyl groups excluding tert-OH is 1. The van der Waals surface area contributed by atoms with E-state index in [1.165, 1.54) is 0 Å². The number of nitrogens with one attached hydrogen (secondary N) is 2. The van der Waals surface area contributed by atoms with E-state index in [9.17, 15) is 9.90 Å². The summed E-state index contributed by atoms with van der Waals surface area (Å²) in [5.74, 6) is 0. The Kier molecular flexibility index (Phi) is 6.86. The van der Waals surface area contributed by atoms with Crippen LogP contribution in [0.3, 0.4) is 0 Å². The molecule has 0 saturated carbocycles. The molecule has 1 aliphatic heterocycles. The molecular formula is C18H28N2O3. The number of aryl methyl sites for hydroxylation is 1. The van der Waals surface area contributed by atoms with Gasteiger partial charge in [0, 0.05) is 19.2 Å². The first-order chi connectivity index (χ1) is 11.1. The van der Waals surface area contributed by atoms with Crippen molar-refractivity contribution in [1.29, 1.82) is 0 Å². The molecule has 1 heterocycles. The molecule has 0 aliphatic carbocycles. The predicted molar refractivity (Wildman–Crippen MR) is 90.3 cm³/mol. The van der Waals surface area contributed by atoms with Gasteiger partial charge in [0.05, 0.1) is 12.2 Å². The van der Waals surface area contributed by atoms with Crippen molar-refractivity contribution < 1.29 is 14.6 Å². The van der Waals surface area contributed by atoms with Gasteiger partial charge in [-0.15, -0.1) is 0 Å². The number of urea groups is 1. The minimum absolute atomic E-state index is 0.0924. The summed E-state index contributed by atoms with van der Waals surface area (Å²) in [4.78, 5) is 11.9. The lowest BCUT2D eigenvalue weighted by Crippen LogP contribution is -2.42. The summed E-state index contributed by atoms with van der Waals surface area (Å²) >= 11 is 0. The SMILES string of the molecule is Cc1ccccc1[C@H](O)CNC(=O)N[C@H](C)CC[C@H]1CCCO1. The summed E-state index contributed by atoms with van der Waals surface area (Å²) in [7, 11) is 0. The summed E-state index contributed by atoms with van der Waals surface area (Å²) < 4.78 is 5.59. The summed E-state index contributed by atoms with van der Waals surface area (Å²) in [6, 6.07) is 7.50. The zero-order valence-electron chi connectivity index (χ0n) is 14.0. The van der Waals surface area contributed by atoms with Gasteiger partial charge in [-0.3, -0.25) is 0 Å². The average molecular weight is 320 g/mol. The van der Waals surface area contributed by atoms with Gasteiger partial charge < -0.3 is 20.5 Å². The fourth-order valence-electron chi connectivity index (χ4n) is 2.91. The van der Waals surface area contributed by atoms with Crippen molar-refractivity contribution in [3.8, 4) is 0 Å². The summed E-state index contributed by atoms with van der Waals surface area (Å²) in [5, 5.41) is 15.8. The Bertz CT molecular complexity index is 501. The highest BCUT2D eigenvalue weighted by Gasteiger charge is 2.17. The standard InChI is InChI=1S/C18H28N2O3/c1-13-6-3-4-8-16(13)17(21)12-19-18(22)20-14(2)9-10-15-7-5-11-23-15/h3-4,6,8,14-15,17,21H,5,7,9-12H2,1-2H3,(H2,19,20,22)/t14-,15-,17-/m1/s1. The molecule has 0 radical (unpaired) electrons. The normalized spacial score (nSPS) is 20.0. The molecule has 2 amide bonds. The van der Waals surface area contributed by atoms with Crippen molar-refractivity contribution in [3.05, 3.63) is 35.4 Å². The van der Waals surface area contributed by atoms with Crippen molar-refractivity contribution in [2.45, 2.75) is 57.8 Å². The minimum Gasteiger partial charge on any atom is -0.387 e. The summed E-state index contributed by atoms with van der Waals surface area (Å²) in [6.07, 6.45) is 3.81. The largest absolute Gasteiger partial charge is 0.387 e. The maximum Gasteiger partial charge on any atom is 0.315 e. The highest BCUT2D eigenvalue weighted by Crippen LogP contribution is 2.18. The van der Waals surface area contributed by atoms with Crippen LogP contribution in [0.5, 0.6) is 0 Å². The number of carbonyl (C=O) groups is 1. The van der Waals surface area contributed by atoms with Gasteiger partial charge in [0.1, 0.15) is 0 Å². The van der Waals surface area contributed by atoms with Gasteiger partial charge in [-0.25, -0.2) is 4.79 Å². The molecule has 2 rings (SSSR count). The first-order valence-corrected chi connectivity index (χ1v) is 8.46. The smallest absolute Gasteiger partial charge is 0.315 e. The molecule has 3 atom stereocenters. The van der Waals surface area contributed by atoms with Crippen LogP contribution in [0.2, 0.25) is 0 Å². The van der Waals surface area contributed by atoms with E-state index in [-0.39, 0.29) is 18.6 Å². The second kappa shape index (κ2) is 8.89. The maximum absolute atomic E-state index is 11.9. The van der Waals surface area contributed by atoms with E-state index in [0.717, 1.165) is 43.4 Å². The van der Waals surface area contributed by atoms with Crippen LogP contribution in [-0.2, 0) is 4.74 Å². The molecule has 3 N–H and O–H groups in total. The molecule has 1 saturated heterocycles. The highest BCUT2D eigenvalue weighted by molar-refractivity contribution is 5.74. The molecule has 128 valence electrons. The molecule has 23 heavy (non-hydrogen) atoms. The Labute approximate surface area is 138 Å². The number of hydrogen-bond donors (Lipinski definition) is 3. The van der Waals surface area contributed by atoms with Gasteiger partial charge in [-0.1, -0.05) is 24.3 Å². The Morgan fingerprint density at radius 1 is 1.43 bits per heavy atom. The molecule has 0 unspecified atom stereocenters. The van der Waals surface area contributed by atoms with Crippen LogP contribution in [-0.4, -0.2) is 36.4 Å². The molecule has 5 heteroatoms. The zero-order chi connectivity index (χ0) is 16.7. The summed E-state index contributed by atoms with van der Waals surface area (Å²) in [6.45, 7) is 5.01. The molecule has 0 spiro atoms. The first kappa shape index (κ1) is 17.8. The average Bonchev–Trinajstić information content (AvgIpc) is 3.04. The number of amides is 2. The predicted octanol–water partition coefficient (Wildman–Crippen LogP) is 2.68. The van der Waals surface area contributed by atoms with E-state index in [2.05, 4.69) is 10.6 Å². The quantitative estimate of drug-likeness (QED) is 0.723. The first-order valence-electron chi connectivity index (χ1n) is 8.46. The van der Waals surface area contributed by atoms with Crippen molar-refractivity contribution in [3.63, 3.8) is 0 Å². The second-order valence-corrected chi connectivity index (χ2v) is 6.34. The maximum atomic E-state index is 11.9. The van der Waals surface area contributed by atoms with Gasteiger partial charge in [-0.05, 0) is 50.7 Å². The number of hydrogen-bond acceptors (Lipinski definition) is 3. The van der Waals surface area contributed by atoms with Crippen LogP contribution < -0.4 is 10.6 Å². The Hall–Kier alpha value is -1.59. The molecule has 1 aliphatic rings. The molecule has 1 aromatic rings. The third-order valence-corrected chi connectivity index (χ3v) is 4.33. The van der Waals surface area contributed by atoms with Crippen LogP contribution in [0.4, 0.5) is 4.79 Å². The molecule has 5 nitrogen and oxygen atoms in total. The topological polar surface area (TPSA) is 70.6 Å². The van der Waals surface area contributed by atoms with Crippen molar-refractivity contribution in [2.75, 3.05) is 13.2 Å². The van der Waals surface area contributed by atoms with Gasteiger partial charge in [-0.2, -0.15) is 0 Å². The third-order valence-electron chi connectivity index (χ3n) is 4.33. The van der Waals surface area contributed by atoms with Crippen LogP contribution in [0.15, 0.2) is 24.3 Å². The lowest BCUT2D eigenvalue weighted by molar-refractivity contribution is 0.100. The lowest BCUT2D eigenvalue weighted by Gasteiger charge is -2.18. The molecule has 0 bridgehead atoms. The summed E-state index contributed by atoms with van der Waals surface area (Å²) in [5.41, 5.74) is 1.87. The number of rotatable bonds is 7.